The van der Waals surface area contributed by atoms with Gasteiger partial charge in [-0.05, 0) is 36.2 Å². The van der Waals surface area contributed by atoms with Gasteiger partial charge in [0.25, 0.3) is 0 Å². The molecular weight excluding hydrogens is 289 g/mol. The molecule has 2 aromatic rings. The minimum atomic E-state index is -1.36. The predicted molar refractivity (Wildman–Crippen MR) is 79.5 cm³/mol. The number of nitriles is 1. The number of rotatable bonds is 4. The maximum Gasteiger partial charge on any atom is 0.154 e. The maximum atomic E-state index is 13.4. The fourth-order valence-corrected chi connectivity index (χ4v) is 2.48. The van der Waals surface area contributed by atoms with E-state index >= 15 is 0 Å². The van der Waals surface area contributed by atoms with Crippen LogP contribution in [0.4, 0.5) is 4.39 Å². The van der Waals surface area contributed by atoms with Crippen LogP contribution in [0.25, 0.3) is 0 Å². The fourth-order valence-electron chi connectivity index (χ4n) is 2.30. The number of carbonyl (C=O) groups excluding carboxylic acids is 1. The van der Waals surface area contributed by atoms with Crippen LogP contribution in [0.3, 0.4) is 0 Å². The lowest BCUT2D eigenvalue weighted by molar-refractivity contribution is -0.120. The molecule has 2 nitrogen and oxygen atoms in total. The lowest BCUT2D eigenvalue weighted by Gasteiger charge is -2.24. The summed E-state index contributed by atoms with van der Waals surface area (Å²) in [7, 11) is 0. The Labute approximate surface area is 127 Å². The van der Waals surface area contributed by atoms with Crippen molar-refractivity contribution in [2.24, 2.45) is 0 Å². The average Bonchev–Trinajstić information content (AvgIpc) is 2.49. The summed E-state index contributed by atoms with van der Waals surface area (Å²) in [4.78, 5) is 12.1. The molecule has 0 aliphatic rings. The lowest BCUT2D eigenvalue weighted by Crippen LogP contribution is -2.35. The molecule has 106 valence electrons. The highest BCUT2D eigenvalue weighted by atomic mass is 35.5. The standard InChI is InChI=1S/C17H13ClFNO/c1-12(21)17(11-20,14-5-3-2-4-6-14)10-13-9-15(19)7-8-16(13)18/h2-9H,10H2,1H3. The molecule has 0 spiro atoms. The highest BCUT2D eigenvalue weighted by Crippen LogP contribution is 2.32. The van der Waals surface area contributed by atoms with E-state index < -0.39 is 11.2 Å². The van der Waals surface area contributed by atoms with Gasteiger partial charge >= 0.3 is 0 Å². The van der Waals surface area contributed by atoms with Crippen molar-refractivity contribution >= 4 is 17.4 Å². The SMILES string of the molecule is CC(=O)C(C#N)(Cc1cc(F)ccc1Cl)c1ccccc1. The third-order valence-electron chi connectivity index (χ3n) is 3.52. The first-order valence-corrected chi connectivity index (χ1v) is 6.79. The lowest BCUT2D eigenvalue weighted by atomic mass is 9.74. The third-order valence-corrected chi connectivity index (χ3v) is 3.89. The molecule has 2 aromatic carbocycles. The van der Waals surface area contributed by atoms with Crippen molar-refractivity contribution in [3.8, 4) is 6.07 Å². The van der Waals surface area contributed by atoms with E-state index in [1.54, 1.807) is 30.3 Å². The van der Waals surface area contributed by atoms with E-state index in [9.17, 15) is 14.4 Å². The number of benzene rings is 2. The van der Waals surface area contributed by atoms with Gasteiger partial charge in [-0.2, -0.15) is 5.26 Å². The smallest absolute Gasteiger partial charge is 0.154 e. The number of hydrogen-bond donors (Lipinski definition) is 0. The number of halogens is 2. The highest BCUT2D eigenvalue weighted by molar-refractivity contribution is 6.31. The summed E-state index contributed by atoms with van der Waals surface area (Å²) in [5, 5.41) is 9.96. The van der Waals surface area contributed by atoms with Crippen molar-refractivity contribution < 1.29 is 9.18 Å². The molecule has 0 aliphatic heterocycles. The third kappa shape index (κ3) is 2.96. The quantitative estimate of drug-likeness (QED) is 0.854. The van der Waals surface area contributed by atoms with Crippen LogP contribution < -0.4 is 0 Å². The molecular formula is C17H13ClFNO. The molecule has 0 aliphatic carbocycles. The Bertz CT molecular complexity index is 708. The molecule has 0 N–H and O–H groups in total. The Balaban J connectivity index is 2.55. The van der Waals surface area contributed by atoms with Crippen LogP contribution in [-0.4, -0.2) is 5.78 Å². The van der Waals surface area contributed by atoms with E-state index in [-0.39, 0.29) is 12.2 Å². The highest BCUT2D eigenvalue weighted by Gasteiger charge is 2.38. The van der Waals surface area contributed by atoms with Gasteiger partial charge in [0.15, 0.2) is 5.78 Å². The van der Waals surface area contributed by atoms with E-state index in [0.717, 1.165) is 0 Å². The minimum Gasteiger partial charge on any atom is -0.298 e. The number of ketones is 1. The largest absolute Gasteiger partial charge is 0.298 e. The molecule has 21 heavy (non-hydrogen) atoms. The number of hydrogen-bond acceptors (Lipinski definition) is 2. The summed E-state index contributed by atoms with van der Waals surface area (Å²) in [6, 6.07) is 14.8. The van der Waals surface area contributed by atoms with Crippen molar-refractivity contribution in [1.29, 1.82) is 5.26 Å². The van der Waals surface area contributed by atoms with Crippen LogP contribution in [0, 0.1) is 17.1 Å². The van der Waals surface area contributed by atoms with Crippen LogP contribution in [0.2, 0.25) is 5.02 Å². The maximum absolute atomic E-state index is 13.4. The van der Waals surface area contributed by atoms with E-state index in [2.05, 4.69) is 6.07 Å². The first-order valence-electron chi connectivity index (χ1n) is 6.41. The van der Waals surface area contributed by atoms with Gasteiger partial charge in [-0.3, -0.25) is 4.79 Å². The van der Waals surface area contributed by atoms with Gasteiger partial charge in [-0.25, -0.2) is 4.39 Å². The second-order valence-corrected chi connectivity index (χ2v) is 5.26. The summed E-state index contributed by atoms with van der Waals surface area (Å²) in [5.41, 5.74) is -0.337. The number of nitrogens with zero attached hydrogens (tertiary/aromatic N) is 1. The van der Waals surface area contributed by atoms with E-state index in [1.807, 2.05) is 0 Å². The summed E-state index contributed by atoms with van der Waals surface area (Å²) in [6.45, 7) is 1.36. The van der Waals surface area contributed by atoms with Crippen LogP contribution >= 0.6 is 11.6 Å². The van der Waals surface area contributed by atoms with E-state index in [4.69, 9.17) is 11.6 Å². The molecule has 0 fully saturated rings. The molecule has 0 radical (unpaired) electrons. The van der Waals surface area contributed by atoms with Crippen molar-refractivity contribution in [2.45, 2.75) is 18.8 Å². The van der Waals surface area contributed by atoms with Crippen molar-refractivity contribution in [3.63, 3.8) is 0 Å². The summed E-state index contributed by atoms with van der Waals surface area (Å²) < 4.78 is 13.4. The Morgan fingerprint density at radius 3 is 2.52 bits per heavy atom. The summed E-state index contributed by atoms with van der Waals surface area (Å²) in [5.74, 6) is -0.741. The molecule has 0 saturated heterocycles. The molecule has 0 amide bonds. The Hall–Kier alpha value is -2.18. The average molecular weight is 302 g/mol. The van der Waals surface area contributed by atoms with E-state index in [0.29, 0.717) is 16.1 Å². The van der Waals surface area contributed by atoms with Crippen molar-refractivity contribution in [2.75, 3.05) is 0 Å². The van der Waals surface area contributed by atoms with Gasteiger partial charge in [-0.1, -0.05) is 41.9 Å². The monoisotopic (exact) mass is 301 g/mol. The zero-order valence-corrected chi connectivity index (χ0v) is 12.2. The second kappa shape index (κ2) is 6.07. The van der Waals surface area contributed by atoms with Gasteiger partial charge in [0.1, 0.15) is 11.2 Å². The minimum absolute atomic E-state index is 0.0411. The molecule has 0 bridgehead atoms. The van der Waals surface area contributed by atoms with Gasteiger partial charge in [0.2, 0.25) is 0 Å². The van der Waals surface area contributed by atoms with E-state index in [1.165, 1.54) is 25.1 Å². The van der Waals surface area contributed by atoms with Gasteiger partial charge in [0, 0.05) is 11.4 Å². The zero-order valence-electron chi connectivity index (χ0n) is 11.4. The second-order valence-electron chi connectivity index (χ2n) is 4.85. The van der Waals surface area contributed by atoms with Gasteiger partial charge in [0.05, 0.1) is 6.07 Å². The van der Waals surface area contributed by atoms with Crippen molar-refractivity contribution in [3.05, 3.63) is 70.5 Å². The molecule has 2 rings (SSSR count). The zero-order chi connectivity index (χ0) is 15.5. The van der Waals surface area contributed by atoms with Crippen LogP contribution in [0.1, 0.15) is 18.1 Å². The molecule has 1 unspecified atom stereocenters. The molecule has 0 aromatic heterocycles. The molecule has 0 heterocycles. The van der Waals surface area contributed by atoms with Crippen molar-refractivity contribution in [1.82, 2.24) is 0 Å². The molecule has 0 saturated carbocycles. The van der Waals surface area contributed by atoms with Crippen LogP contribution in [-0.2, 0) is 16.6 Å². The molecule has 1 atom stereocenters. The Morgan fingerprint density at radius 2 is 1.95 bits per heavy atom. The van der Waals surface area contributed by atoms with Crippen LogP contribution in [0.5, 0.6) is 0 Å². The Kier molecular flexibility index (Phi) is 4.40. The predicted octanol–water partition coefficient (Wildman–Crippen LogP) is 4.07. The van der Waals surface area contributed by atoms with Gasteiger partial charge in [-0.15, -0.1) is 0 Å². The van der Waals surface area contributed by atoms with Gasteiger partial charge < -0.3 is 0 Å². The topological polar surface area (TPSA) is 40.9 Å². The Morgan fingerprint density at radius 1 is 1.29 bits per heavy atom. The molecule has 4 heteroatoms. The summed E-state index contributed by atoms with van der Waals surface area (Å²) in [6.07, 6.45) is 0.0411. The fraction of sp³-hybridized carbons (Fsp3) is 0.176. The summed E-state index contributed by atoms with van der Waals surface area (Å²) >= 11 is 6.06. The first-order chi connectivity index (χ1) is 9.99. The first kappa shape index (κ1) is 15.2. The van der Waals surface area contributed by atoms with Crippen LogP contribution in [0.15, 0.2) is 48.5 Å². The number of Topliss-reactive ketones (excluding diaryl/α,β-unsaturated/α-hetero) is 1. The normalized spacial score (nSPS) is 13.2. The number of carbonyl (C=O) groups is 1.